The van der Waals surface area contributed by atoms with Gasteiger partial charge in [-0.2, -0.15) is 0 Å². The standard InChI is InChI=1S/C17H24ClN3O3.ClH/c1-11(2)21(3)17(23)12-4-5-14(18)15(8-12)20-16(22)9-13-10-24-7-6-19-13;/h4-5,8,11,13,19H,6-7,9-10H2,1-3H3,(H,20,22);1H. The molecule has 6 nitrogen and oxygen atoms in total. The molecular formula is C17H25Cl2N3O3. The van der Waals surface area contributed by atoms with Crippen molar-refractivity contribution in [2.45, 2.75) is 32.4 Å². The molecule has 0 radical (unpaired) electrons. The first kappa shape index (κ1) is 21.7. The smallest absolute Gasteiger partial charge is 0.253 e. The molecule has 2 amide bonds. The molecule has 25 heavy (non-hydrogen) atoms. The maximum atomic E-state index is 12.4. The number of ether oxygens (including phenoxy) is 1. The molecule has 2 N–H and O–H groups in total. The van der Waals surface area contributed by atoms with Gasteiger partial charge in [0.1, 0.15) is 0 Å². The van der Waals surface area contributed by atoms with Gasteiger partial charge in [-0.25, -0.2) is 0 Å². The Morgan fingerprint density at radius 1 is 1.44 bits per heavy atom. The Morgan fingerprint density at radius 2 is 2.16 bits per heavy atom. The van der Waals surface area contributed by atoms with Gasteiger partial charge in [-0.1, -0.05) is 11.6 Å². The number of amides is 2. The maximum Gasteiger partial charge on any atom is 0.253 e. The molecule has 8 heteroatoms. The predicted molar refractivity (Wildman–Crippen MR) is 102 cm³/mol. The maximum absolute atomic E-state index is 12.4. The van der Waals surface area contributed by atoms with E-state index in [1.165, 1.54) is 0 Å². The van der Waals surface area contributed by atoms with Crippen LogP contribution in [0, 0.1) is 0 Å². The van der Waals surface area contributed by atoms with Crippen LogP contribution < -0.4 is 10.6 Å². The molecule has 0 spiro atoms. The molecule has 1 aliphatic heterocycles. The van der Waals surface area contributed by atoms with Crippen molar-refractivity contribution in [3.05, 3.63) is 28.8 Å². The fraction of sp³-hybridized carbons (Fsp3) is 0.529. The zero-order chi connectivity index (χ0) is 17.7. The molecule has 1 saturated heterocycles. The minimum absolute atomic E-state index is 0. The van der Waals surface area contributed by atoms with Crippen LogP contribution in [0.25, 0.3) is 0 Å². The molecule has 140 valence electrons. The first-order valence-corrected chi connectivity index (χ1v) is 8.44. The van der Waals surface area contributed by atoms with E-state index in [1.54, 1.807) is 30.1 Å². The Labute approximate surface area is 159 Å². The Balaban J connectivity index is 0.00000312. The van der Waals surface area contributed by atoms with E-state index in [0.717, 1.165) is 6.54 Å². The van der Waals surface area contributed by atoms with Gasteiger partial charge in [0.05, 0.1) is 23.9 Å². The summed E-state index contributed by atoms with van der Waals surface area (Å²) in [5, 5.41) is 6.41. The van der Waals surface area contributed by atoms with Gasteiger partial charge in [0.25, 0.3) is 5.91 Å². The number of anilines is 1. The summed E-state index contributed by atoms with van der Waals surface area (Å²) in [4.78, 5) is 26.2. The minimum atomic E-state index is -0.165. The van der Waals surface area contributed by atoms with Crippen LogP contribution >= 0.6 is 24.0 Å². The van der Waals surface area contributed by atoms with E-state index in [4.69, 9.17) is 16.3 Å². The number of carbonyl (C=O) groups excluding carboxylic acids is 2. The molecular weight excluding hydrogens is 365 g/mol. The molecule has 1 unspecified atom stereocenters. The van der Waals surface area contributed by atoms with Gasteiger partial charge < -0.3 is 20.3 Å². The SMILES string of the molecule is CC(C)N(C)C(=O)c1ccc(Cl)c(NC(=O)CC2COCCN2)c1.Cl. The Kier molecular flexibility index (Phi) is 8.65. The van der Waals surface area contributed by atoms with Crippen molar-refractivity contribution in [2.75, 3.05) is 32.1 Å². The van der Waals surface area contributed by atoms with Crippen LogP contribution in [0.15, 0.2) is 18.2 Å². The van der Waals surface area contributed by atoms with Gasteiger partial charge in [-0.15, -0.1) is 12.4 Å². The van der Waals surface area contributed by atoms with Crippen LogP contribution in [0.2, 0.25) is 5.02 Å². The lowest BCUT2D eigenvalue weighted by molar-refractivity contribution is -0.117. The Morgan fingerprint density at radius 3 is 2.76 bits per heavy atom. The summed E-state index contributed by atoms with van der Waals surface area (Å²) < 4.78 is 5.34. The molecule has 1 aromatic carbocycles. The first-order chi connectivity index (χ1) is 11.4. The van der Waals surface area contributed by atoms with E-state index >= 15 is 0 Å². The fourth-order valence-electron chi connectivity index (χ4n) is 2.37. The lowest BCUT2D eigenvalue weighted by Gasteiger charge is -2.23. The predicted octanol–water partition coefficient (Wildman–Crippen LogP) is 2.56. The number of nitrogens with one attached hydrogen (secondary N) is 2. The van der Waals surface area contributed by atoms with Crippen LogP contribution in [-0.4, -0.2) is 55.6 Å². The third kappa shape index (κ3) is 6.15. The molecule has 0 saturated carbocycles. The summed E-state index contributed by atoms with van der Waals surface area (Å²) in [6.45, 7) is 5.80. The average molecular weight is 390 g/mol. The van der Waals surface area contributed by atoms with Gasteiger partial charge in [0.2, 0.25) is 5.91 Å². The summed E-state index contributed by atoms with van der Waals surface area (Å²) in [7, 11) is 1.74. The molecule has 0 bridgehead atoms. The van der Waals surface area contributed by atoms with Crippen molar-refractivity contribution in [1.82, 2.24) is 10.2 Å². The van der Waals surface area contributed by atoms with Crippen molar-refractivity contribution in [1.29, 1.82) is 0 Å². The molecule has 0 aromatic heterocycles. The van der Waals surface area contributed by atoms with Gasteiger partial charge in [-0.05, 0) is 32.0 Å². The summed E-state index contributed by atoms with van der Waals surface area (Å²) in [6, 6.07) is 4.99. The zero-order valence-electron chi connectivity index (χ0n) is 14.7. The summed E-state index contributed by atoms with van der Waals surface area (Å²) in [5.41, 5.74) is 0.937. The van der Waals surface area contributed by atoms with Gasteiger partial charge in [0, 0.05) is 37.7 Å². The van der Waals surface area contributed by atoms with Crippen molar-refractivity contribution < 1.29 is 14.3 Å². The van der Waals surface area contributed by atoms with Crippen LogP contribution in [0.1, 0.15) is 30.6 Å². The van der Waals surface area contributed by atoms with Crippen LogP contribution in [0.4, 0.5) is 5.69 Å². The second-order valence-corrected chi connectivity index (χ2v) is 6.59. The monoisotopic (exact) mass is 389 g/mol. The second kappa shape index (κ2) is 9.97. The highest BCUT2D eigenvalue weighted by Gasteiger charge is 2.19. The van der Waals surface area contributed by atoms with Gasteiger partial charge in [0.15, 0.2) is 0 Å². The second-order valence-electron chi connectivity index (χ2n) is 6.18. The normalized spacial score (nSPS) is 16.9. The van der Waals surface area contributed by atoms with E-state index in [9.17, 15) is 9.59 Å². The van der Waals surface area contributed by atoms with E-state index in [1.807, 2.05) is 13.8 Å². The minimum Gasteiger partial charge on any atom is -0.378 e. The number of rotatable bonds is 5. The number of morpholine rings is 1. The highest BCUT2D eigenvalue weighted by Crippen LogP contribution is 2.24. The van der Waals surface area contributed by atoms with Gasteiger partial charge >= 0.3 is 0 Å². The van der Waals surface area contributed by atoms with Crippen molar-refractivity contribution in [2.24, 2.45) is 0 Å². The summed E-state index contributed by atoms with van der Waals surface area (Å²) in [6.07, 6.45) is 0.292. The number of benzene rings is 1. The number of hydrogen-bond donors (Lipinski definition) is 2. The molecule has 1 heterocycles. The fourth-order valence-corrected chi connectivity index (χ4v) is 2.53. The van der Waals surface area contributed by atoms with E-state index in [-0.39, 0.29) is 36.3 Å². The number of nitrogens with zero attached hydrogens (tertiary/aromatic N) is 1. The van der Waals surface area contributed by atoms with Crippen molar-refractivity contribution >= 4 is 41.5 Å². The number of carbonyl (C=O) groups is 2. The number of halogens is 2. The Bertz CT molecular complexity index is 605. The highest BCUT2D eigenvalue weighted by molar-refractivity contribution is 6.33. The van der Waals surface area contributed by atoms with E-state index in [2.05, 4.69) is 10.6 Å². The van der Waals surface area contributed by atoms with E-state index in [0.29, 0.717) is 35.9 Å². The lowest BCUT2D eigenvalue weighted by atomic mass is 10.1. The number of hydrogen-bond acceptors (Lipinski definition) is 4. The molecule has 1 fully saturated rings. The third-order valence-corrected chi connectivity index (χ3v) is 4.34. The topological polar surface area (TPSA) is 70.7 Å². The molecule has 2 rings (SSSR count). The third-order valence-electron chi connectivity index (χ3n) is 4.01. The summed E-state index contributed by atoms with van der Waals surface area (Å²) in [5.74, 6) is -0.277. The molecule has 1 aliphatic rings. The lowest BCUT2D eigenvalue weighted by Crippen LogP contribution is -2.43. The van der Waals surface area contributed by atoms with Crippen LogP contribution in [0.5, 0.6) is 0 Å². The first-order valence-electron chi connectivity index (χ1n) is 8.06. The molecule has 0 aliphatic carbocycles. The van der Waals surface area contributed by atoms with Crippen LogP contribution in [0.3, 0.4) is 0 Å². The molecule has 1 atom stereocenters. The highest BCUT2D eigenvalue weighted by atomic mass is 35.5. The van der Waals surface area contributed by atoms with E-state index < -0.39 is 0 Å². The Hall–Kier alpha value is -1.34. The quantitative estimate of drug-likeness (QED) is 0.811. The van der Waals surface area contributed by atoms with Crippen molar-refractivity contribution in [3.63, 3.8) is 0 Å². The average Bonchev–Trinajstić information content (AvgIpc) is 2.56. The van der Waals surface area contributed by atoms with Crippen molar-refractivity contribution in [3.8, 4) is 0 Å². The summed E-state index contributed by atoms with van der Waals surface area (Å²) >= 11 is 6.15. The van der Waals surface area contributed by atoms with Gasteiger partial charge in [-0.3, -0.25) is 9.59 Å². The zero-order valence-corrected chi connectivity index (χ0v) is 16.2. The molecule has 1 aromatic rings. The van der Waals surface area contributed by atoms with Crippen LogP contribution in [-0.2, 0) is 9.53 Å². The largest absolute Gasteiger partial charge is 0.378 e.